The highest BCUT2D eigenvalue weighted by molar-refractivity contribution is 5.87. The summed E-state index contributed by atoms with van der Waals surface area (Å²) < 4.78 is 38.5. The summed E-state index contributed by atoms with van der Waals surface area (Å²) in [5, 5.41) is 0. The molecule has 2 unspecified atom stereocenters. The minimum Gasteiger partial charge on any atom is -0.299 e. The Kier molecular flexibility index (Phi) is 6.25. The SMILES string of the molecule is CCC1CCC=C(CC(=O)C(C)c2cccc(C(F)(F)F)c2)CC1. The van der Waals surface area contributed by atoms with Crippen molar-refractivity contribution in [3.8, 4) is 0 Å². The third-order valence-corrected chi connectivity index (χ3v) is 5.06. The molecule has 2 atom stereocenters. The van der Waals surface area contributed by atoms with Gasteiger partial charge in [-0.3, -0.25) is 4.79 Å². The minimum absolute atomic E-state index is 0.00415. The monoisotopic (exact) mass is 338 g/mol. The molecular formula is C20H25F3O. The highest BCUT2D eigenvalue weighted by atomic mass is 19.4. The van der Waals surface area contributed by atoms with Gasteiger partial charge in [-0.1, -0.05) is 50.1 Å². The summed E-state index contributed by atoms with van der Waals surface area (Å²) in [7, 11) is 0. The van der Waals surface area contributed by atoms with Crippen LogP contribution < -0.4 is 0 Å². The zero-order valence-corrected chi connectivity index (χ0v) is 14.3. The van der Waals surface area contributed by atoms with E-state index in [9.17, 15) is 18.0 Å². The van der Waals surface area contributed by atoms with Crippen LogP contribution in [-0.4, -0.2) is 5.78 Å². The van der Waals surface area contributed by atoms with E-state index in [-0.39, 0.29) is 5.78 Å². The zero-order valence-electron chi connectivity index (χ0n) is 14.3. The Bertz CT molecular complexity index is 601. The maximum absolute atomic E-state index is 12.8. The van der Waals surface area contributed by atoms with Crippen LogP contribution in [0.4, 0.5) is 13.2 Å². The molecule has 0 amide bonds. The lowest BCUT2D eigenvalue weighted by Gasteiger charge is -2.15. The van der Waals surface area contributed by atoms with E-state index in [0.29, 0.717) is 12.0 Å². The molecule has 0 radical (unpaired) electrons. The summed E-state index contributed by atoms with van der Waals surface area (Å²) in [6.07, 6.45) is 3.50. The molecule has 0 spiro atoms. The Morgan fingerprint density at radius 2 is 2.04 bits per heavy atom. The highest BCUT2D eigenvalue weighted by Crippen LogP contribution is 2.32. The number of hydrogen-bond donors (Lipinski definition) is 0. The molecule has 4 heteroatoms. The molecule has 0 bridgehead atoms. The predicted octanol–water partition coefficient (Wildman–Crippen LogP) is 6.29. The fourth-order valence-corrected chi connectivity index (χ4v) is 3.27. The second-order valence-electron chi connectivity index (χ2n) is 6.74. The van der Waals surface area contributed by atoms with Crippen molar-refractivity contribution in [3.63, 3.8) is 0 Å². The van der Waals surface area contributed by atoms with Gasteiger partial charge in [0.05, 0.1) is 5.56 Å². The molecule has 2 rings (SSSR count). The van der Waals surface area contributed by atoms with E-state index in [2.05, 4.69) is 13.0 Å². The number of alkyl halides is 3. The lowest BCUT2D eigenvalue weighted by Crippen LogP contribution is -2.12. The molecule has 132 valence electrons. The van der Waals surface area contributed by atoms with E-state index in [1.54, 1.807) is 13.0 Å². The van der Waals surface area contributed by atoms with Crippen LogP contribution in [0.2, 0.25) is 0 Å². The average Bonchev–Trinajstić information content (AvgIpc) is 2.78. The van der Waals surface area contributed by atoms with Crippen molar-refractivity contribution in [2.75, 3.05) is 0 Å². The van der Waals surface area contributed by atoms with E-state index in [1.807, 2.05) is 0 Å². The Hall–Kier alpha value is -1.58. The van der Waals surface area contributed by atoms with Gasteiger partial charge in [0.2, 0.25) is 0 Å². The van der Waals surface area contributed by atoms with Gasteiger partial charge in [0.25, 0.3) is 0 Å². The third-order valence-electron chi connectivity index (χ3n) is 5.06. The first-order valence-electron chi connectivity index (χ1n) is 8.69. The van der Waals surface area contributed by atoms with Crippen molar-refractivity contribution in [1.82, 2.24) is 0 Å². The van der Waals surface area contributed by atoms with Gasteiger partial charge in [-0.2, -0.15) is 13.2 Å². The first-order chi connectivity index (χ1) is 11.3. The lowest BCUT2D eigenvalue weighted by atomic mass is 9.90. The molecule has 0 fully saturated rings. The van der Waals surface area contributed by atoms with E-state index >= 15 is 0 Å². The fourth-order valence-electron chi connectivity index (χ4n) is 3.27. The molecule has 0 aromatic heterocycles. The lowest BCUT2D eigenvalue weighted by molar-refractivity contribution is -0.137. The number of rotatable bonds is 5. The van der Waals surface area contributed by atoms with Crippen LogP contribution in [0.15, 0.2) is 35.9 Å². The van der Waals surface area contributed by atoms with Crippen LogP contribution in [0.25, 0.3) is 0 Å². The topological polar surface area (TPSA) is 17.1 Å². The summed E-state index contributed by atoms with van der Waals surface area (Å²) in [6, 6.07) is 5.11. The molecule has 0 saturated heterocycles. The summed E-state index contributed by atoms with van der Waals surface area (Å²) in [5.41, 5.74) is 0.893. The molecule has 1 aromatic carbocycles. The van der Waals surface area contributed by atoms with Crippen molar-refractivity contribution >= 4 is 5.78 Å². The quantitative estimate of drug-likeness (QED) is 0.576. The van der Waals surface area contributed by atoms with Gasteiger partial charge in [-0.15, -0.1) is 0 Å². The normalized spacial score (nSPS) is 20.2. The van der Waals surface area contributed by atoms with Crippen LogP contribution in [0, 0.1) is 5.92 Å². The van der Waals surface area contributed by atoms with Crippen LogP contribution in [0.3, 0.4) is 0 Å². The van der Waals surface area contributed by atoms with Gasteiger partial charge in [0, 0.05) is 12.3 Å². The van der Waals surface area contributed by atoms with E-state index in [1.165, 1.54) is 6.07 Å². The number of benzene rings is 1. The van der Waals surface area contributed by atoms with Gasteiger partial charge in [0.1, 0.15) is 5.78 Å². The number of carbonyl (C=O) groups excluding carboxylic acids is 1. The predicted molar refractivity (Wildman–Crippen MR) is 89.8 cm³/mol. The van der Waals surface area contributed by atoms with Crippen LogP contribution in [0.5, 0.6) is 0 Å². The second-order valence-corrected chi connectivity index (χ2v) is 6.74. The molecule has 1 aromatic rings. The molecule has 24 heavy (non-hydrogen) atoms. The van der Waals surface area contributed by atoms with Crippen molar-refractivity contribution in [3.05, 3.63) is 47.0 Å². The summed E-state index contributed by atoms with van der Waals surface area (Å²) in [5.74, 6) is 0.198. The smallest absolute Gasteiger partial charge is 0.299 e. The molecule has 1 aliphatic carbocycles. The Labute approximate surface area is 142 Å². The van der Waals surface area contributed by atoms with E-state index < -0.39 is 17.7 Å². The number of Topliss-reactive ketones (excluding diaryl/α,β-unsaturated/α-hetero) is 1. The Morgan fingerprint density at radius 3 is 2.71 bits per heavy atom. The van der Waals surface area contributed by atoms with Gasteiger partial charge < -0.3 is 0 Å². The summed E-state index contributed by atoms with van der Waals surface area (Å²) >= 11 is 0. The maximum atomic E-state index is 12.8. The summed E-state index contributed by atoms with van der Waals surface area (Å²) in [6.45, 7) is 3.89. The van der Waals surface area contributed by atoms with Crippen LogP contribution >= 0.6 is 0 Å². The van der Waals surface area contributed by atoms with Gasteiger partial charge in [-0.05, 0) is 43.2 Å². The number of hydrogen-bond acceptors (Lipinski definition) is 1. The van der Waals surface area contributed by atoms with Crippen LogP contribution in [0.1, 0.15) is 69.4 Å². The molecular weight excluding hydrogens is 313 g/mol. The van der Waals surface area contributed by atoms with E-state index in [0.717, 1.165) is 55.7 Å². The van der Waals surface area contributed by atoms with Crippen LogP contribution in [-0.2, 0) is 11.0 Å². The number of allylic oxidation sites excluding steroid dienone is 2. The Morgan fingerprint density at radius 1 is 1.29 bits per heavy atom. The number of carbonyl (C=O) groups is 1. The summed E-state index contributed by atoms with van der Waals surface area (Å²) in [4.78, 5) is 12.5. The fraction of sp³-hybridized carbons (Fsp3) is 0.550. The minimum atomic E-state index is -4.38. The molecule has 0 heterocycles. The third kappa shape index (κ3) is 4.96. The molecule has 0 aliphatic heterocycles. The van der Waals surface area contributed by atoms with Crippen molar-refractivity contribution in [1.29, 1.82) is 0 Å². The molecule has 0 saturated carbocycles. The van der Waals surface area contributed by atoms with Gasteiger partial charge in [0.15, 0.2) is 0 Å². The number of ketones is 1. The largest absolute Gasteiger partial charge is 0.416 e. The van der Waals surface area contributed by atoms with Gasteiger partial charge in [-0.25, -0.2) is 0 Å². The van der Waals surface area contributed by atoms with E-state index in [4.69, 9.17) is 0 Å². The average molecular weight is 338 g/mol. The second kappa shape index (κ2) is 8.00. The highest BCUT2D eigenvalue weighted by Gasteiger charge is 2.31. The maximum Gasteiger partial charge on any atom is 0.416 e. The molecule has 1 nitrogen and oxygen atoms in total. The standard InChI is InChI=1S/C20H25F3O/c1-3-15-6-4-7-16(11-10-15)12-19(24)14(2)17-8-5-9-18(13-17)20(21,22)23/h5,7-9,13-15H,3-4,6,10-12H2,1-2H3. The number of halogens is 3. The molecule has 1 aliphatic rings. The van der Waals surface area contributed by atoms with Crippen molar-refractivity contribution < 1.29 is 18.0 Å². The molecule has 0 N–H and O–H groups in total. The first-order valence-corrected chi connectivity index (χ1v) is 8.69. The van der Waals surface area contributed by atoms with Gasteiger partial charge >= 0.3 is 6.18 Å². The Balaban J connectivity index is 2.03. The zero-order chi connectivity index (χ0) is 17.7. The first kappa shape index (κ1) is 18.8. The van der Waals surface area contributed by atoms with Crippen molar-refractivity contribution in [2.24, 2.45) is 5.92 Å². The van der Waals surface area contributed by atoms with Crippen molar-refractivity contribution in [2.45, 2.75) is 64.5 Å².